The van der Waals surface area contributed by atoms with Crippen LogP contribution in [0.3, 0.4) is 0 Å². The second-order valence-corrected chi connectivity index (χ2v) is 6.75. The molecular weight excluding hydrogens is 268 g/mol. The van der Waals surface area contributed by atoms with E-state index in [1.165, 1.54) is 25.1 Å². The zero-order chi connectivity index (χ0) is 13.3. The molecule has 2 fully saturated rings. The van der Waals surface area contributed by atoms with E-state index >= 15 is 0 Å². The molecule has 2 atom stereocenters. The number of sulfonamides is 1. The summed E-state index contributed by atoms with van der Waals surface area (Å²) in [5.41, 5.74) is 0. The van der Waals surface area contributed by atoms with Gasteiger partial charge in [-0.05, 0) is 25.5 Å². The number of aromatic amines is 1. The number of H-pyrrole nitrogens is 1. The van der Waals surface area contributed by atoms with Crippen LogP contribution in [0, 0.1) is 0 Å². The molecule has 19 heavy (non-hydrogen) atoms. The Labute approximate surface area is 112 Å². The molecule has 7 nitrogen and oxygen atoms in total. The molecule has 8 heteroatoms. The highest BCUT2D eigenvalue weighted by atomic mass is 32.2. The Bertz CT molecular complexity index is 516. The number of nitrogens with one attached hydrogen (secondary N) is 2. The van der Waals surface area contributed by atoms with Gasteiger partial charge in [0.25, 0.3) is 10.0 Å². The van der Waals surface area contributed by atoms with Crippen molar-refractivity contribution in [2.24, 2.45) is 0 Å². The molecule has 0 amide bonds. The maximum atomic E-state index is 11.9. The molecule has 0 saturated carbocycles. The summed E-state index contributed by atoms with van der Waals surface area (Å²) in [6, 6.07) is 1.96. The molecule has 1 aromatic rings. The Kier molecular flexibility index (Phi) is 3.57. The van der Waals surface area contributed by atoms with Gasteiger partial charge in [-0.15, -0.1) is 0 Å². The highest BCUT2D eigenvalue weighted by Gasteiger charge is 2.32. The van der Waals surface area contributed by atoms with Gasteiger partial charge in [0.1, 0.15) is 0 Å². The second-order valence-electron chi connectivity index (χ2n) is 5.02. The number of hydrogen-bond donors (Lipinski definition) is 2. The molecule has 0 radical (unpaired) electrons. The quantitative estimate of drug-likeness (QED) is 0.783. The predicted molar refractivity (Wildman–Crippen MR) is 68.1 cm³/mol. The zero-order valence-corrected chi connectivity index (χ0v) is 11.4. The van der Waals surface area contributed by atoms with Crippen LogP contribution in [-0.2, 0) is 14.8 Å². The number of ether oxygens (including phenoxy) is 1. The Morgan fingerprint density at radius 3 is 3.26 bits per heavy atom. The minimum atomic E-state index is -3.51. The van der Waals surface area contributed by atoms with Gasteiger partial charge < -0.3 is 4.74 Å². The van der Waals surface area contributed by atoms with Crippen molar-refractivity contribution >= 4 is 10.0 Å². The van der Waals surface area contributed by atoms with Crippen LogP contribution >= 0.6 is 0 Å². The monoisotopic (exact) mass is 286 g/mol. The number of morpholine rings is 1. The lowest BCUT2D eigenvalue weighted by Crippen LogP contribution is -2.50. The summed E-state index contributed by atoms with van der Waals surface area (Å²) in [4.78, 5) is 2.39. The topological polar surface area (TPSA) is 87.3 Å². The summed E-state index contributed by atoms with van der Waals surface area (Å²) in [7, 11) is -3.51. The molecule has 0 aromatic carbocycles. The third kappa shape index (κ3) is 2.81. The van der Waals surface area contributed by atoms with E-state index < -0.39 is 10.0 Å². The van der Waals surface area contributed by atoms with Crippen LogP contribution in [0.1, 0.15) is 12.8 Å². The fraction of sp³-hybridized carbons (Fsp3) is 0.727. The minimum Gasteiger partial charge on any atom is -0.374 e. The van der Waals surface area contributed by atoms with E-state index in [2.05, 4.69) is 19.8 Å². The van der Waals surface area contributed by atoms with Crippen molar-refractivity contribution in [1.82, 2.24) is 19.8 Å². The molecule has 0 aliphatic carbocycles. The first-order chi connectivity index (χ1) is 9.15. The summed E-state index contributed by atoms with van der Waals surface area (Å²) < 4.78 is 32.1. The lowest BCUT2D eigenvalue weighted by molar-refractivity contribution is -0.0449. The smallest absolute Gasteiger partial charge is 0.257 e. The van der Waals surface area contributed by atoms with Crippen LogP contribution in [0.2, 0.25) is 0 Å². The van der Waals surface area contributed by atoms with Gasteiger partial charge in [0.15, 0.2) is 5.03 Å². The van der Waals surface area contributed by atoms with E-state index in [1.54, 1.807) is 0 Å². The normalized spacial score (nSPS) is 28.4. The maximum Gasteiger partial charge on any atom is 0.257 e. The molecule has 2 aliphatic rings. The number of hydrogen-bond acceptors (Lipinski definition) is 5. The fourth-order valence-electron chi connectivity index (χ4n) is 2.68. The van der Waals surface area contributed by atoms with Crippen LogP contribution in [-0.4, -0.2) is 61.9 Å². The molecule has 2 aliphatic heterocycles. The van der Waals surface area contributed by atoms with Crippen LogP contribution in [0.5, 0.6) is 0 Å². The molecule has 1 aromatic heterocycles. The van der Waals surface area contributed by atoms with Crippen LogP contribution in [0.4, 0.5) is 0 Å². The van der Waals surface area contributed by atoms with Crippen molar-refractivity contribution in [3.05, 3.63) is 12.3 Å². The SMILES string of the molecule is O=S(=O)(NCC1CN2CCCC2CO1)c1ccn[nH]1. The lowest BCUT2D eigenvalue weighted by Gasteiger charge is -2.35. The molecule has 2 unspecified atom stereocenters. The third-order valence-electron chi connectivity index (χ3n) is 3.73. The van der Waals surface area contributed by atoms with Gasteiger partial charge in [-0.3, -0.25) is 10.00 Å². The van der Waals surface area contributed by atoms with Gasteiger partial charge in [-0.1, -0.05) is 0 Å². The lowest BCUT2D eigenvalue weighted by atomic mass is 10.2. The molecule has 3 heterocycles. The highest BCUT2D eigenvalue weighted by Crippen LogP contribution is 2.22. The van der Waals surface area contributed by atoms with Crippen LogP contribution in [0.25, 0.3) is 0 Å². The Hall–Kier alpha value is -0.960. The predicted octanol–water partition coefficient (Wildman–Crippen LogP) is -0.449. The van der Waals surface area contributed by atoms with Crippen molar-refractivity contribution in [1.29, 1.82) is 0 Å². The molecular formula is C11H18N4O3S. The minimum absolute atomic E-state index is 0.0768. The average molecular weight is 286 g/mol. The Morgan fingerprint density at radius 1 is 1.58 bits per heavy atom. The standard InChI is InChI=1S/C11H18N4O3S/c16-19(17,11-3-4-12-14-11)13-6-10-7-15-5-1-2-9(15)8-18-10/h3-4,9-10,13H,1-2,5-8H2,(H,12,14). The molecule has 0 bridgehead atoms. The Balaban J connectivity index is 1.55. The van der Waals surface area contributed by atoms with E-state index in [0.717, 1.165) is 13.1 Å². The van der Waals surface area contributed by atoms with Crippen molar-refractivity contribution in [3.63, 3.8) is 0 Å². The molecule has 2 saturated heterocycles. The van der Waals surface area contributed by atoms with Crippen LogP contribution in [0.15, 0.2) is 17.3 Å². The summed E-state index contributed by atoms with van der Waals surface area (Å²) in [6.07, 6.45) is 3.74. The van der Waals surface area contributed by atoms with E-state index in [-0.39, 0.29) is 11.1 Å². The van der Waals surface area contributed by atoms with E-state index in [4.69, 9.17) is 4.74 Å². The van der Waals surface area contributed by atoms with Gasteiger partial charge in [0.2, 0.25) is 0 Å². The summed E-state index contributed by atoms with van der Waals surface area (Å²) in [6.45, 7) is 2.90. The Morgan fingerprint density at radius 2 is 2.47 bits per heavy atom. The highest BCUT2D eigenvalue weighted by molar-refractivity contribution is 7.89. The van der Waals surface area contributed by atoms with Gasteiger partial charge in [0, 0.05) is 19.1 Å². The van der Waals surface area contributed by atoms with Gasteiger partial charge in [-0.2, -0.15) is 5.10 Å². The summed E-state index contributed by atoms with van der Waals surface area (Å²) >= 11 is 0. The first-order valence-corrected chi connectivity index (χ1v) is 7.98. The fourth-order valence-corrected chi connectivity index (χ4v) is 3.66. The van der Waals surface area contributed by atoms with Gasteiger partial charge in [-0.25, -0.2) is 13.1 Å². The van der Waals surface area contributed by atoms with Crippen molar-refractivity contribution < 1.29 is 13.2 Å². The largest absolute Gasteiger partial charge is 0.374 e. The zero-order valence-electron chi connectivity index (χ0n) is 10.6. The van der Waals surface area contributed by atoms with Crippen molar-refractivity contribution in [2.75, 3.05) is 26.2 Å². The first kappa shape index (κ1) is 13.0. The third-order valence-corrected chi connectivity index (χ3v) is 5.08. The number of rotatable bonds is 4. The average Bonchev–Trinajstić information content (AvgIpc) is 3.07. The summed E-state index contributed by atoms with van der Waals surface area (Å²) in [5, 5.41) is 6.18. The van der Waals surface area contributed by atoms with Crippen LogP contribution < -0.4 is 4.72 Å². The first-order valence-electron chi connectivity index (χ1n) is 6.50. The molecule has 2 N–H and O–H groups in total. The molecule has 106 valence electrons. The summed E-state index contributed by atoms with van der Waals surface area (Å²) in [5.74, 6) is 0. The van der Waals surface area contributed by atoms with Crippen molar-refractivity contribution in [3.8, 4) is 0 Å². The number of aromatic nitrogens is 2. The molecule has 0 spiro atoms. The second kappa shape index (κ2) is 5.20. The van der Waals surface area contributed by atoms with Crippen molar-refractivity contribution in [2.45, 2.75) is 30.0 Å². The van der Waals surface area contributed by atoms with E-state index in [9.17, 15) is 8.42 Å². The molecule has 3 rings (SSSR count). The number of nitrogens with zero attached hydrogens (tertiary/aromatic N) is 2. The maximum absolute atomic E-state index is 11.9. The van der Waals surface area contributed by atoms with Gasteiger partial charge in [0.05, 0.1) is 18.9 Å². The van der Waals surface area contributed by atoms with E-state index in [0.29, 0.717) is 19.2 Å². The van der Waals surface area contributed by atoms with Gasteiger partial charge >= 0.3 is 0 Å². The number of fused-ring (bicyclic) bond motifs is 1. The van der Waals surface area contributed by atoms with E-state index in [1.807, 2.05) is 0 Å².